The van der Waals surface area contributed by atoms with Crippen molar-refractivity contribution in [2.24, 2.45) is 0 Å². The highest BCUT2D eigenvalue weighted by molar-refractivity contribution is 7.18. The molecule has 0 unspecified atom stereocenters. The third-order valence-corrected chi connectivity index (χ3v) is 8.69. The molecule has 0 saturated carbocycles. The Morgan fingerprint density at radius 1 is 1.05 bits per heavy atom. The van der Waals surface area contributed by atoms with Crippen LogP contribution in [0.25, 0.3) is 15.9 Å². The minimum Gasteiger partial charge on any atom is -0.369 e. The summed E-state index contributed by atoms with van der Waals surface area (Å²) in [4.78, 5) is 37.9. The van der Waals surface area contributed by atoms with Gasteiger partial charge < -0.3 is 10.2 Å². The number of hydrogen-bond acceptors (Lipinski definition) is 6. The molecule has 37 heavy (non-hydrogen) atoms. The highest BCUT2D eigenvalue weighted by Gasteiger charge is 2.22. The number of aryl methyl sites for hydroxylation is 2. The van der Waals surface area contributed by atoms with Crippen LogP contribution in [0.15, 0.2) is 47.4 Å². The number of anilines is 1. The Hall–Kier alpha value is -3.30. The average molecular weight is 520 g/mol. The van der Waals surface area contributed by atoms with Gasteiger partial charge >= 0.3 is 0 Å². The fourth-order valence-corrected chi connectivity index (χ4v) is 6.76. The fraction of sp³-hybridized carbons (Fsp3) is 0.393. The second-order valence-corrected chi connectivity index (χ2v) is 10.9. The number of aromatic nitrogens is 2. The van der Waals surface area contributed by atoms with Crippen LogP contribution in [0.3, 0.4) is 0 Å². The summed E-state index contributed by atoms with van der Waals surface area (Å²) < 4.78 is 14.7. The van der Waals surface area contributed by atoms with Crippen molar-refractivity contribution in [2.75, 3.05) is 44.2 Å². The average Bonchev–Trinajstić information content (AvgIpc) is 3.30. The van der Waals surface area contributed by atoms with Crippen LogP contribution in [0.5, 0.6) is 0 Å². The number of carbonyl (C=O) groups is 1. The van der Waals surface area contributed by atoms with Crippen LogP contribution >= 0.6 is 11.3 Å². The first-order valence-electron chi connectivity index (χ1n) is 13.1. The van der Waals surface area contributed by atoms with E-state index in [1.54, 1.807) is 29.7 Å². The van der Waals surface area contributed by atoms with Gasteiger partial charge in [0.15, 0.2) is 5.65 Å². The molecule has 2 aliphatic rings. The fourth-order valence-electron chi connectivity index (χ4n) is 5.50. The van der Waals surface area contributed by atoms with Gasteiger partial charge in [-0.05, 0) is 80.6 Å². The number of hydrogen-bond donors (Lipinski definition) is 1. The van der Waals surface area contributed by atoms with Gasteiger partial charge in [-0.15, -0.1) is 11.3 Å². The molecule has 192 valence electrons. The molecule has 0 atom stereocenters. The lowest BCUT2D eigenvalue weighted by Crippen LogP contribution is -2.47. The van der Waals surface area contributed by atoms with Crippen LogP contribution in [-0.4, -0.2) is 59.5 Å². The number of amides is 1. The van der Waals surface area contributed by atoms with Crippen molar-refractivity contribution in [2.45, 2.75) is 32.1 Å². The second-order valence-electron chi connectivity index (χ2n) is 9.84. The van der Waals surface area contributed by atoms with Crippen molar-refractivity contribution < 1.29 is 9.18 Å². The Morgan fingerprint density at radius 2 is 1.84 bits per heavy atom. The summed E-state index contributed by atoms with van der Waals surface area (Å²) in [7, 11) is 0. The molecule has 1 N–H and O–H groups in total. The number of nitrogens with zero attached hydrogens (tertiary/aromatic N) is 4. The zero-order chi connectivity index (χ0) is 25.4. The predicted octanol–water partition coefficient (Wildman–Crippen LogP) is 3.87. The van der Waals surface area contributed by atoms with E-state index in [-0.39, 0.29) is 17.3 Å². The number of piperazine rings is 1. The number of thiophene rings is 1. The largest absolute Gasteiger partial charge is 0.369 e. The Kier molecular flexibility index (Phi) is 6.65. The number of carbonyl (C=O) groups excluding carboxylic acids is 1. The van der Waals surface area contributed by atoms with Gasteiger partial charge in [0, 0.05) is 49.5 Å². The predicted molar refractivity (Wildman–Crippen MR) is 145 cm³/mol. The van der Waals surface area contributed by atoms with E-state index in [4.69, 9.17) is 4.98 Å². The molecule has 0 radical (unpaired) electrons. The van der Waals surface area contributed by atoms with Crippen molar-refractivity contribution in [3.63, 3.8) is 0 Å². The molecule has 1 aliphatic heterocycles. The molecule has 1 aromatic carbocycles. The standard InChI is InChI=1S/C28H30FN5O2S/c29-19-8-10-20(11-9-19)33-17-15-32(16-18-33)13-4-12-30-26(35)22-6-3-14-34-25(22)31-27-24(28(34)36)21-5-1-2-7-23(21)37-27/h3,6,8-11,14H,1-2,4-5,7,12-13,15-18H2,(H,30,35). The third kappa shape index (κ3) is 4.73. The number of halogens is 1. The first-order valence-corrected chi connectivity index (χ1v) is 13.9. The van der Waals surface area contributed by atoms with Crippen molar-refractivity contribution in [1.29, 1.82) is 0 Å². The van der Waals surface area contributed by atoms with E-state index < -0.39 is 0 Å². The highest BCUT2D eigenvalue weighted by Crippen LogP contribution is 2.34. The van der Waals surface area contributed by atoms with E-state index in [9.17, 15) is 14.0 Å². The number of fused-ring (bicyclic) bond motifs is 4. The zero-order valence-electron chi connectivity index (χ0n) is 20.7. The quantitative estimate of drug-likeness (QED) is 0.392. The summed E-state index contributed by atoms with van der Waals surface area (Å²) in [6, 6.07) is 10.1. The first-order chi connectivity index (χ1) is 18.1. The smallest absolute Gasteiger partial charge is 0.266 e. The van der Waals surface area contributed by atoms with Crippen LogP contribution in [0.2, 0.25) is 0 Å². The summed E-state index contributed by atoms with van der Waals surface area (Å²) in [5.74, 6) is -0.416. The summed E-state index contributed by atoms with van der Waals surface area (Å²) in [5, 5.41) is 3.75. The van der Waals surface area contributed by atoms with Crippen molar-refractivity contribution >= 4 is 38.8 Å². The van der Waals surface area contributed by atoms with Crippen LogP contribution in [-0.2, 0) is 12.8 Å². The maximum atomic E-state index is 13.3. The molecular formula is C28H30FN5O2S. The van der Waals surface area contributed by atoms with Gasteiger partial charge in [0.2, 0.25) is 0 Å². The molecule has 7 nitrogen and oxygen atoms in total. The van der Waals surface area contributed by atoms with Crippen LogP contribution < -0.4 is 15.8 Å². The Labute approximate surface area is 218 Å². The molecule has 1 fully saturated rings. The van der Waals surface area contributed by atoms with Gasteiger partial charge in [0.25, 0.3) is 11.5 Å². The zero-order valence-corrected chi connectivity index (χ0v) is 21.5. The SMILES string of the molecule is O=C(NCCCN1CCN(c2ccc(F)cc2)CC1)c1cccn2c(=O)c3c4c(sc3nc12)CCCC4. The summed E-state index contributed by atoms with van der Waals surface area (Å²) in [5.41, 5.74) is 2.99. The van der Waals surface area contributed by atoms with Crippen molar-refractivity contribution in [3.8, 4) is 0 Å². The van der Waals surface area contributed by atoms with Crippen molar-refractivity contribution in [3.05, 3.63) is 74.8 Å². The summed E-state index contributed by atoms with van der Waals surface area (Å²) in [6.07, 6.45) is 6.73. The Bertz CT molecular complexity index is 1510. The maximum Gasteiger partial charge on any atom is 0.266 e. The molecule has 0 bridgehead atoms. The van der Waals surface area contributed by atoms with E-state index in [2.05, 4.69) is 15.1 Å². The van der Waals surface area contributed by atoms with Gasteiger partial charge in [0.1, 0.15) is 10.6 Å². The van der Waals surface area contributed by atoms with Crippen molar-refractivity contribution in [1.82, 2.24) is 19.6 Å². The molecular weight excluding hydrogens is 489 g/mol. The molecule has 4 heterocycles. The van der Waals surface area contributed by atoms with E-state index in [1.165, 1.54) is 21.4 Å². The van der Waals surface area contributed by atoms with Crippen LogP contribution in [0.1, 0.15) is 40.1 Å². The number of benzene rings is 1. The van der Waals surface area contributed by atoms with Gasteiger partial charge in [0.05, 0.1) is 10.9 Å². The van der Waals surface area contributed by atoms with E-state index in [0.29, 0.717) is 17.8 Å². The minimum atomic E-state index is -0.214. The Morgan fingerprint density at radius 3 is 2.65 bits per heavy atom. The molecule has 4 aromatic rings. The molecule has 1 saturated heterocycles. The maximum absolute atomic E-state index is 13.3. The van der Waals surface area contributed by atoms with Crippen LogP contribution in [0.4, 0.5) is 10.1 Å². The van der Waals surface area contributed by atoms with Gasteiger partial charge in [-0.2, -0.15) is 0 Å². The molecule has 1 aliphatic carbocycles. The molecule has 6 rings (SSSR count). The first kappa shape index (κ1) is 24.1. The lowest BCUT2D eigenvalue weighted by Gasteiger charge is -2.36. The summed E-state index contributed by atoms with van der Waals surface area (Å²) >= 11 is 1.60. The van der Waals surface area contributed by atoms with Gasteiger partial charge in [-0.25, -0.2) is 9.37 Å². The lowest BCUT2D eigenvalue weighted by atomic mass is 9.97. The van der Waals surface area contributed by atoms with Crippen LogP contribution in [0, 0.1) is 5.82 Å². The van der Waals surface area contributed by atoms with E-state index >= 15 is 0 Å². The molecule has 9 heteroatoms. The van der Waals surface area contributed by atoms with E-state index in [0.717, 1.165) is 86.3 Å². The summed E-state index contributed by atoms with van der Waals surface area (Å²) in [6.45, 7) is 5.11. The number of nitrogens with one attached hydrogen (secondary N) is 1. The minimum absolute atomic E-state index is 0.0752. The Balaban J connectivity index is 1.07. The third-order valence-electron chi connectivity index (χ3n) is 7.51. The second kappa shape index (κ2) is 10.2. The van der Waals surface area contributed by atoms with Gasteiger partial charge in [-0.3, -0.25) is 18.9 Å². The molecule has 1 amide bonds. The normalized spacial score (nSPS) is 16.3. The number of rotatable bonds is 6. The highest BCUT2D eigenvalue weighted by atomic mass is 32.1. The van der Waals surface area contributed by atoms with E-state index in [1.807, 2.05) is 12.1 Å². The molecule has 3 aromatic heterocycles. The topological polar surface area (TPSA) is 70.0 Å². The monoisotopic (exact) mass is 519 g/mol. The van der Waals surface area contributed by atoms with Gasteiger partial charge in [-0.1, -0.05) is 0 Å². The molecule has 0 spiro atoms. The lowest BCUT2D eigenvalue weighted by molar-refractivity contribution is 0.0952. The number of pyridine rings is 1.